The number of sulfonamides is 1. The van der Waals surface area contributed by atoms with Gasteiger partial charge in [-0.3, -0.25) is 0 Å². The highest BCUT2D eigenvalue weighted by atomic mass is 32.2. The van der Waals surface area contributed by atoms with E-state index in [1.807, 2.05) is 19.9 Å². The predicted molar refractivity (Wildman–Crippen MR) is 63.5 cm³/mol. The number of nitrogens with two attached hydrogens (primary N) is 1. The van der Waals surface area contributed by atoms with Gasteiger partial charge in [0.1, 0.15) is 0 Å². The van der Waals surface area contributed by atoms with E-state index in [9.17, 15) is 8.42 Å². The third kappa shape index (κ3) is 3.90. The van der Waals surface area contributed by atoms with E-state index in [4.69, 9.17) is 5.73 Å². The largest absolute Gasteiger partial charge is 0.329 e. The number of hydrogen-bond acceptors (Lipinski definition) is 4. The van der Waals surface area contributed by atoms with E-state index in [1.54, 1.807) is 11.3 Å². The molecule has 0 aliphatic heterocycles. The van der Waals surface area contributed by atoms with Crippen LogP contribution in [0.1, 0.15) is 15.3 Å². The average Bonchev–Trinajstić information content (AvgIpc) is 2.44. The molecule has 3 N–H and O–H groups in total. The Morgan fingerprint density at radius 2 is 2.13 bits per heavy atom. The van der Waals surface area contributed by atoms with Crippen molar-refractivity contribution in [2.75, 3.05) is 12.3 Å². The Hall–Kier alpha value is -0.430. The molecule has 86 valence electrons. The summed E-state index contributed by atoms with van der Waals surface area (Å²) in [6.45, 7) is 4.56. The summed E-state index contributed by atoms with van der Waals surface area (Å²) in [5, 5.41) is 0. The first-order valence-corrected chi connectivity index (χ1v) is 7.15. The maximum absolute atomic E-state index is 11.3. The molecule has 4 nitrogen and oxygen atoms in total. The molecule has 0 radical (unpaired) electrons. The second-order valence-corrected chi connectivity index (χ2v) is 6.65. The van der Waals surface area contributed by atoms with Crippen LogP contribution in [0, 0.1) is 13.8 Å². The van der Waals surface area contributed by atoms with Gasteiger partial charge in [0.15, 0.2) is 0 Å². The zero-order valence-corrected chi connectivity index (χ0v) is 10.5. The van der Waals surface area contributed by atoms with Crippen molar-refractivity contribution < 1.29 is 8.42 Å². The Morgan fingerprint density at radius 3 is 2.60 bits per heavy atom. The molecule has 0 fully saturated rings. The highest BCUT2D eigenvalue weighted by Gasteiger charge is 2.09. The van der Waals surface area contributed by atoms with E-state index in [0.29, 0.717) is 6.54 Å². The fourth-order valence-electron chi connectivity index (χ4n) is 1.15. The van der Waals surface area contributed by atoms with Crippen LogP contribution in [0.3, 0.4) is 0 Å². The van der Waals surface area contributed by atoms with Crippen molar-refractivity contribution in [3.8, 4) is 0 Å². The number of aryl methyl sites for hydroxylation is 2. The minimum atomic E-state index is -3.20. The molecule has 1 aromatic rings. The van der Waals surface area contributed by atoms with Crippen LogP contribution < -0.4 is 10.5 Å². The van der Waals surface area contributed by atoms with Crippen molar-refractivity contribution in [3.05, 3.63) is 21.4 Å². The van der Waals surface area contributed by atoms with Gasteiger partial charge in [0, 0.05) is 22.8 Å². The SMILES string of the molecule is Cc1cc(CNS(=O)(=O)CCN)sc1C. The lowest BCUT2D eigenvalue weighted by molar-refractivity contribution is 0.581. The summed E-state index contributed by atoms with van der Waals surface area (Å²) in [6, 6.07) is 2.00. The average molecular weight is 248 g/mol. The maximum Gasteiger partial charge on any atom is 0.213 e. The molecule has 0 spiro atoms. The van der Waals surface area contributed by atoms with Crippen LogP contribution in [0.15, 0.2) is 6.07 Å². The van der Waals surface area contributed by atoms with Crippen LogP contribution in [0.5, 0.6) is 0 Å². The molecule has 0 unspecified atom stereocenters. The Labute approximate surface area is 94.5 Å². The molecule has 1 aromatic heterocycles. The Bertz CT molecular complexity index is 404. The van der Waals surface area contributed by atoms with Gasteiger partial charge in [-0.25, -0.2) is 13.1 Å². The second-order valence-electron chi connectivity index (χ2n) is 3.38. The van der Waals surface area contributed by atoms with E-state index >= 15 is 0 Å². The van der Waals surface area contributed by atoms with Crippen LogP contribution in [0.4, 0.5) is 0 Å². The summed E-state index contributed by atoms with van der Waals surface area (Å²) < 4.78 is 25.1. The van der Waals surface area contributed by atoms with Crippen LogP contribution in [0.2, 0.25) is 0 Å². The molecule has 0 saturated carbocycles. The fraction of sp³-hybridized carbons (Fsp3) is 0.556. The van der Waals surface area contributed by atoms with Gasteiger partial charge in [-0.2, -0.15) is 0 Å². The van der Waals surface area contributed by atoms with Gasteiger partial charge in [0.25, 0.3) is 0 Å². The molecule has 0 atom stereocenters. The summed E-state index contributed by atoms with van der Waals surface area (Å²) in [6.07, 6.45) is 0. The first-order chi connectivity index (χ1) is 6.94. The fourth-order valence-corrected chi connectivity index (χ4v) is 3.06. The van der Waals surface area contributed by atoms with Crippen molar-refractivity contribution in [1.29, 1.82) is 0 Å². The topological polar surface area (TPSA) is 72.2 Å². The van der Waals surface area contributed by atoms with Crippen LogP contribution in [0.25, 0.3) is 0 Å². The first-order valence-electron chi connectivity index (χ1n) is 4.68. The van der Waals surface area contributed by atoms with Gasteiger partial charge in [0.2, 0.25) is 10.0 Å². The van der Waals surface area contributed by atoms with Crippen molar-refractivity contribution in [2.24, 2.45) is 5.73 Å². The normalized spacial score (nSPS) is 11.9. The molecule has 0 bridgehead atoms. The lowest BCUT2D eigenvalue weighted by Gasteiger charge is -2.02. The smallest absolute Gasteiger partial charge is 0.213 e. The quantitative estimate of drug-likeness (QED) is 0.807. The summed E-state index contributed by atoms with van der Waals surface area (Å²) in [5.74, 6) is -0.0175. The molecule has 0 aromatic carbocycles. The van der Waals surface area contributed by atoms with E-state index < -0.39 is 10.0 Å². The van der Waals surface area contributed by atoms with Gasteiger partial charge < -0.3 is 5.73 Å². The third-order valence-corrected chi connectivity index (χ3v) is 4.58. The molecule has 0 aliphatic carbocycles. The molecule has 1 heterocycles. The van der Waals surface area contributed by atoms with Crippen LogP contribution in [-0.4, -0.2) is 20.7 Å². The molecular weight excluding hydrogens is 232 g/mol. The van der Waals surface area contributed by atoms with Crippen molar-refractivity contribution in [1.82, 2.24) is 4.72 Å². The Morgan fingerprint density at radius 1 is 1.47 bits per heavy atom. The zero-order valence-electron chi connectivity index (χ0n) is 8.91. The Kier molecular flexibility index (Phi) is 4.27. The number of thiophene rings is 1. The molecular formula is C9H16N2O2S2. The lowest BCUT2D eigenvalue weighted by atomic mass is 10.3. The summed E-state index contributed by atoms with van der Waals surface area (Å²) in [5.41, 5.74) is 6.40. The lowest BCUT2D eigenvalue weighted by Crippen LogP contribution is -2.29. The molecule has 6 heteroatoms. The van der Waals surface area contributed by atoms with Gasteiger partial charge in [-0.15, -0.1) is 11.3 Å². The summed E-state index contributed by atoms with van der Waals surface area (Å²) in [4.78, 5) is 2.26. The predicted octanol–water partition coefficient (Wildman–Crippen LogP) is 0.743. The van der Waals surface area contributed by atoms with Crippen molar-refractivity contribution in [2.45, 2.75) is 20.4 Å². The first kappa shape index (κ1) is 12.6. The second kappa shape index (κ2) is 5.07. The molecule has 1 rings (SSSR count). The Balaban J connectivity index is 2.57. The molecule has 0 aliphatic rings. The highest BCUT2D eigenvalue weighted by Crippen LogP contribution is 2.20. The highest BCUT2D eigenvalue weighted by molar-refractivity contribution is 7.89. The van der Waals surface area contributed by atoms with E-state index in [1.165, 1.54) is 10.4 Å². The molecule has 15 heavy (non-hydrogen) atoms. The summed E-state index contributed by atoms with van der Waals surface area (Å²) in [7, 11) is -3.20. The van der Waals surface area contributed by atoms with Gasteiger partial charge in [-0.1, -0.05) is 0 Å². The van der Waals surface area contributed by atoms with Crippen molar-refractivity contribution >= 4 is 21.4 Å². The third-order valence-electron chi connectivity index (χ3n) is 2.07. The maximum atomic E-state index is 11.3. The van der Waals surface area contributed by atoms with Crippen LogP contribution in [-0.2, 0) is 16.6 Å². The molecule has 0 amide bonds. The zero-order chi connectivity index (χ0) is 11.5. The minimum Gasteiger partial charge on any atom is -0.329 e. The van der Waals surface area contributed by atoms with Gasteiger partial charge in [0.05, 0.1) is 5.75 Å². The molecule has 0 saturated heterocycles. The minimum absolute atomic E-state index is 0.0175. The van der Waals surface area contributed by atoms with Crippen LogP contribution >= 0.6 is 11.3 Å². The standard InChI is InChI=1S/C9H16N2O2S2/c1-7-5-9(14-8(7)2)6-11-15(12,13)4-3-10/h5,11H,3-4,6,10H2,1-2H3. The number of rotatable bonds is 5. The monoisotopic (exact) mass is 248 g/mol. The van der Waals surface area contributed by atoms with E-state index in [0.717, 1.165) is 4.88 Å². The number of nitrogens with one attached hydrogen (secondary N) is 1. The van der Waals surface area contributed by atoms with Gasteiger partial charge >= 0.3 is 0 Å². The van der Waals surface area contributed by atoms with Crippen molar-refractivity contribution in [3.63, 3.8) is 0 Å². The van der Waals surface area contributed by atoms with E-state index in [2.05, 4.69) is 4.72 Å². The van der Waals surface area contributed by atoms with Gasteiger partial charge in [-0.05, 0) is 25.5 Å². The van der Waals surface area contributed by atoms with E-state index in [-0.39, 0.29) is 12.3 Å². The number of hydrogen-bond donors (Lipinski definition) is 2. The summed E-state index contributed by atoms with van der Waals surface area (Å²) >= 11 is 1.61.